The summed E-state index contributed by atoms with van der Waals surface area (Å²) in [6, 6.07) is 7.50. The normalized spacial score (nSPS) is 15.6. The molecule has 158 valence electrons. The Morgan fingerprint density at radius 3 is 2.48 bits per heavy atom. The highest BCUT2D eigenvalue weighted by molar-refractivity contribution is 5.66. The van der Waals surface area contributed by atoms with Crippen LogP contribution in [0.1, 0.15) is 57.1 Å². The van der Waals surface area contributed by atoms with Gasteiger partial charge in [-0.05, 0) is 49.7 Å². The molecule has 0 unspecified atom stereocenters. The molecule has 0 atom stereocenters. The molecule has 0 radical (unpaired) electrons. The molecule has 1 aromatic heterocycles. The molecule has 0 amide bonds. The highest BCUT2D eigenvalue weighted by atomic mass is 19.4. The van der Waals surface area contributed by atoms with E-state index in [4.69, 9.17) is 4.74 Å². The second kappa shape index (κ2) is 9.01. The van der Waals surface area contributed by atoms with Crippen LogP contribution in [-0.2, 0) is 12.6 Å². The van der Waals surface area contributed by atoms with Gasteiger partial charge in [0.05, 0.1) is 0 Å². The van der Waals surface area contributed by atoms with Crippen LogP contribution in [0.15, 0.2) is 30.5 Å². The van der Waals surface area contributed by atoms with Gasteiger partial charge in [-0.15, -0.1) is 0 Å². The zero-order chi connectivity index (χ0) is 21.0. The summed E-state index contributed by atoms with van der Waals surface area (Å²) in [7, 11) is 1.61. The minimum absolute atomic E-state index is 0.00749. The number of aromatic nitrogens is 2. The van der Waals surface area contributed by atoms with Crippen molar-refractivity contribution >= 4 is 11.5 Å². The second-order valence-corrected chi connectivity index (χ2v) is 8.05. The number of hydrogen-bond donors (Lipinski definition) is 0. The molecule has 0 bridgehead atoms. The van der Waals surface area contributed by atoms with Gasteiger partial charge in [-0.3, -0.25) is 0 Å². The van der Waals surface area contributed by atoms with E-state index < -0.39 is 11.7 Å². The quantitative estimate of drug-likeness (QED) is 0.574. The van der Waals surface area contributed by atoms with E-state index in [1.807, 2.05) is 24.3 Å². The number of rotatable bonds is 6. The lowest BCUT2D eigenvalue weighted by Gasteiger charge is -2.26. The highest BCUT2D eigenvalue weighted by Gasteiger charge is 2.37. The lowest BCUT2D eigenvalue weighted by molar-refractivity contribution is -0.137. The molecule has 1 aliphatic carbocycles. The second-order valence-electron chi connectivity index (χ2n) is 8.05. The van der Waals surface area contributed by atoms with E-state index in [0.717, 1.165) is 50.3 Å². The van der Waals surface area contributed by atoms with Crippen LogP contribution in [0.3, 0.4) is 0 Å². The number of anilines is 2. The van der Waals surface area contributed by atoms with E-state index in [-0.39, 0.29) is 17.9 Å². The van der Waals surface area contributed by atoms with Crippen molar-refractivity contribution < 1.29 is 17.9 Å². The van der Waals surface area contributed by atoms with Crippen LogP contribution in [0, 0.1) is 5.92 Å². The van der Waals surface area contributed by atoms with E-state index in [1.54, 1.807) is 7.05 Å². The van der Waals surface area contributed by atoms with Crippen molar-refractivity contribution in [2.24, 2.45) is 5.92 Å². The minimum atomic E-state index is -4.56. The highest BCUT2D eigenvalue weighted by Crippen LogP contribution is 2.39. The predicted molar refractivity (Wildman–Crippen MR) is 108 cm³/mol. The smallest absolute Gasteiger partial charge is 0.421 e. The molecule has 7 heteroatoms. The summed E-state index contributed by atoms with van der Waals surface area (Å²) in [5.41, 5.74) is 0.816. The molecule has 0 N–H and O–H groups in total. The molecule has 1 heterocycles. The Morgan fingerprint density at radius 1 is 1.14 bits per heavy atom. The predicted octanol–water partition coefficient (Wildman–Crippen LogP) is 6.17. The van der Waals surface area contributed by atoms with Gasteiger partial charge in [0.25, 0.3) is 0 Å². The van der Waals surface area contributed by atoms with Gasteiger partial charge in [0.15, 0.2) is 5.82 Å². The Hall–Kier alpha value is -2.31. The third-order valence-corrected chi connectivity index (χ3v) is 5.18. The summed E-state index contributed by atoms with van der Waals surface area (Å²) >= 11 is 0. The third kappa shape index (κ3) is 5.40. The minimum Gasteiger partial charge on any atom is -0.460 e. The first-order valence-corrected chi connectivity index (χ1v) is 10.2. The Labute approximate surface area is 170 Å². The van der Waals surface area contributed by atoms with E-state index >= 15 is 0 Å². The van der Waals surface area contributed by atoms with E-state index in [0.29, 0.717) is 11.6 Å². The van der Waals surface area contributed by atoms with Crippen LogP contribution in [0.5, 0.6) is 6.01 Å². The van der Waals surface area contributed by atoms with Crippen LogP contribution in [0.4, 0.5) is 24.7 Å². The summed E-state index contributed by atoms with van der Waals surface area (Å²) < 4.78 is 46.9. The zero-order valence-corrected chi connectivity index (χ0v) is 17.2. The van der Waals surface area contributed by atoms with Crippen molar-refractivity contribution in [3.05, 3.63) is 41.6 Å². The van der Waals surface area contributed by atoms with Crippen LogP contribution < -0.4 is 9.64 Å². The van der Waals surface area contributed by atoms with Crippen molar-refractivity contribution in [3.63, 3.8) is 0 Å². The summed E-state index contributed by atoms with van der Waals surface area (Å²) in [5, 5.41) is 0. The maximum Gasteiger partial charge on any atom is 0.421 e. The fraction of sp³-hybridized carbons (Fsp3) is 0.545. The van der Waals surface area contributed by atoms with Gasteiger partial charge < -0.3 is 9.64 Å². The van der Waals surface area contributed by atoms with Crippen molar-refractivity contribution in [2.75, 3.05) is 11.9 Å². The molecule has 4 nitrogen and oxygen atoms in total. The molecule has 1 aromatic carbocycles. The number of para-hydroxylation sites is 1. The maximum absolute atomic E-state index is 13.7. The van der Waals surface area contributed by atoms with Crippen molar-refractivity contribution in [1.29, 1.82) is 0 Å². The molecule has 0 spiro atoms. The van der Waals surface area contributed by atoms with Crippen LogP contribution in [0.2, 0.25) is 0 Å². The van der Waals surface area contributed by atoms with Crippen molar-refractivity contribution in [3.8, 4) is 6.01 Å². The first kappa shape index (κ1) is 21.4. The summed E-state index contributed by atoms with van der Waals surface area (Å²) in [5.74, 6) is 0.191. The van der Waals surface area contributed by atoms with E-state index in [2.05, 4.69) is 23.8 Å². The molecular weight excluding hydrogens is 379 g/mol. The molecule has 0 saturated heterocycles. The Kier molecular flexibility index (Phi) is 6.65. The largest absolute Gasteiger partial charge is 0.460 e. The van der Waals surface area contributed by atoms with Gasteiger partial charge in [0, 0.05) is 18.9 Å². The van der Waals surface area contributed by atoms with Gasteiger partial charge >= 0.3 is 12.2 Å². The molecule has 1 aliphatic rings. The maximum atomic E-state index is 13.7. The summed E-state index contributed by atoms with van der Waals surface area (Å²) in [6.45, 7) is 4.16. The van der Waals surface area contributed by atoms with Crippen molar-refractivity contribution in [1.82, 2.24) is 9.97 Å². The lowest BCUT2D eigenvalue weighted by Crippen LogP contribution is -2.23. The van der Waals surface area contributed by atoms with Crippen LogP contribution >= 0.6 is 0 Å². The van der Waals surface area contributed by atoms with Gasteiger partial charge in [0.1, 0.15) is 11.7 Å². The number of ether oxygens (including phenoxy) is 1. The number of nitrogens with zero attached hydrogens (tertiary/aromatic N) is 3. The molecule has 3 rings (SSSR count). The standard InChI is InChI=1S/C22H28F3N3O/c1-15(2)13-16-9-7-8-12-19(16)28(3)20-18(22(23,24)25)14-26-21(27-20)29-17-10-5-4-6-11-17/h7-9,12,14-15,17H,4-6,10-11,13H2,1-3H3. The number of hydrogen-bond acceptors (Lipinski definition) is 4. The Bertz CT molecular complexity index is 817. The number of benzene rings is 1. The zero-order valence-electron chi connectivity index (χ0n) is 17.2. The van der Waals surface area contributed by atoms with Gasteiger partial charge in [-0.1, -0.05) is 38.5 Å². The SMILES string of the molecule is CC(C)Cc1ccccc1N(C)c1nc(OC2CCCCC2)ncc1C(F)(F)F. The molecule has 1 saturated carbocycles. The third-order valence-electron chi connectivity index (χ3n) is 5.18. The Morgan fingerprint density at radius 2 is 1.83 bits per heavy atom. The summed E-state index contributed by atoms with van der Waals surface area (Å²) in [6.07, 6.45) is 2.04. The van der Waals surface area contributed by atoms with Gasteiger partial charge in [-0.2, -0.15) is 18.2 Å². The van der Waals surface area contributed by atoms with E-state index in [1.165, 1.54) is 4.90 Å². The van der Waals surface area contributed by atoms with E-state index in [9.17, 15) is 13.2 Å². The van der Waals surface area contributed by atoms with Gasteiger partial charge in [-0.25, -0.2) is 4.98 Å². The van der Waals surface area contributed by atoms with Crippen molar-refractivity contribution in [2.45, 2.75) is 64.7 Å². The number of halogens is 3. The average Bonchev–Trinajstić information content (AvgIpc) is 2.67. The molecule has 29 heavy (non-hydrogen) atoms. The molecule has 1 fully saturated rings. The molecule has 0 aliphatic heterocycles. The van der Waals surface area contributed by atoms with Gasteiger partial charge in [0.2, 0.25) is 0 Å². The monoisotopic (exact) mass is 407 g/mol. The lowest BCUT2D eigenvalue weighted by atomic mass is 9.98. The van der Waals surface area contributed by atoms with Crippen LogP contribution in [-0.4, -0.2) is 23.1 Å². The molecular formula is C22H28F3N3O. The van der Waals surface area contributed by atoms with Crippen LogP contribution in [0.25, 0.3) is 0 Å². The fourth-order valence-corrected chi connectivity index (χ4v) is 3.77. The first-order chi connectivity index (χ1) is 13.8. The topological polar surface area (TPSA) is 38.2 Å². The first-order valence-electron chi connectivity index (χ1n) is 10.2. The average molecular weight is 407 g/mol. The summed E-state index contributed by atoms with van der Waals surface area (Å²) in [4.78, 5) is 9.57. The molecule has 2 aromatic rings. The number of alkyl halides is 3. The Balaban J connectivity index is 1.98. The fourth-order valence-electron chi connectivity index (χ4n) is 3.77.